The van der Waals surface area contributed by atoms with E-state index in [-0.39, 0.29) is 24.4 Å². The molecule has 4 nitrogen and oxygen atoms in total. The summed E-state index contributed by atoms with van der Waals surface area (Å²) < 4.78 is 0. The van der Waals surface area contributed by atoms with Gasteiger partial charge in [-0.15, -0.1) is 12.4 Å². The van der Waals surface area contributed by atoms with Crippen molar-refractivity contribution < 1.29 is 4.79 Å². The van der Waals surface area contributed by atoms with E-state index in [9.17, 15) is 4.79 Å². The Balaban J connectivity index is 0.00000144. The number of pyridine rings is 1. The van der Waals surface area contributed by atoms with Gasteiger partial charge in [-0.25, -0.2) is 4.98 Å². The molecule has 17 heavy (non-hydrogen) atoms. The van der Waals surface area contributed by atoms with Crippen LogP contribution in [0.5, 0.6) is 0 Å². The molecule has 0 aromatic carbocycles. The number of hydrogen-bond acceptors (Lipinski definition) is 4. The Hall–Kier alpha value is -0.940. The average Bonchev–Trinajstić information content (AvgIpc) is 2.30. The molecular formula is C11H16ClN3OS. The molecule has 1 aliphatic rings. The van der Waals surface area contributed by atoms with Crippen LogP contribution in [0.2, 0.25) is 0 Å². The molecule has 0 aliphatic carbocycles. The fraction of sp³-hybridized carbons (Fsp3) is 0.455. The Morgan fingerprint density at radius 3 is 2.76 bits per heavy atom. The number of amides is 1. The Morgan fingerprint density at radius 1 is 1.41 bits per heavy atom. The van der Waals surface area contributed by atoms with Crippen molar-refractivity contribution in [3.8, 4) is 0 Å². The van der Waals surface area contributed by atoms with Crippen LogP contribution < -0.4 is 11.1 Å². The molecule has 1 fully saturated rings. The number of nitrogens with one attached hydrogen (secondary N) is 1. The first-order valence-corrected chi connectivity index (χ1v) is 6.52. The van der Waals surface area contributed by atoms with Gasteiger partial charge in [-0.1, -0.05) is 6.07 Å². The lowest BCUT2D eigenvalue weighted by Gasteiger charge is -2.22. The second-order valence-corrected chi connectivity index (χ2v) is 5.03. The lowest BCUT2D eigenvalue weighted by Crippen LogP contribution is -2.37. The van der Waals surface area contributed by atoms with Gasteiger partial charge in [0.05, 0.1) is 0 Å². The van der Waals surface area contributed by atoms with Crippen molar-refractivity contribution in [2.24, 2.45) is 0 Å². The number of hydrogen-bond donors (Lipinski definition) is 2. The third-order valence-corrected chi connectivity index (χ3v) is 3.61. The fourth-order valence-corrected chi connectivity index (χ4v) is 2.79. The molecule has 1 aromatic rings. The molecule has 0 unspecified atom stereocenters. The van der Waals surface area contributed by atoms with Crippen LogP contribution in [0.1, 0.15) is 23.3 Å². The maximum absolute atomic E-state index is 11.8. The first kappa shape index (κ1) is 14.1. The number of carbonyl (C=O) groups excluding carboxylic acids is 1. The Labute approximate surface area is 111 Å². The summed E-state index contributed by atoms with van der Waals surface area (Å²) >= 11 is 1.94. The second kappa shape index (κ2) is 6.71. The SMILES string of the molecule is Cl.Nc1cccc(C(=O)NC2CCSCC2)n1. The third kappa shape index (κ3) is 4.09. The molecule has 6 heteroatoms. The van der Waals surface area contributed by atoms with Gasteiger partial charge in [0.25, 0.3) is 5.91 Å². The van der Waals surface area contributed by atoms with Gasteiger partial charge < -0.3 is 11.1 Å². The standard InChI is InChI=1S/C11H15N3OS.ClH/c12-10-3-1-2-9(14-10)11(15)13-8-4-6-16-7-5-8;/h1-3,8H,4-7H2,(H2,12,14)(H,13,15);1H. The van der Waals surface area contributed by atoms with Crippen LogP contribution in [0.4, 0.5) is 5.82 Å². The number of aromatic nitrogens is 1. The molecule has 2 heterocycles. The van der Waals surface area contributed by atoms with Crippen LogP contribution in [0.15, 0.2) is 18.2 Å². The molecule has 3 N–H and O–H groups in total. The van der Waals surface area contributed by atoms with E-state index in [2.05, 4.69) is 10.3 Å². The van der Waals surface area contributed by atoms with Crippen LogP contribution in [0, 0.1) is 0 Å². The smallest absolute Gasteiger partial charge is 0.270 e. The predicted octanol–water partition coefficient (Wildman–Crippen LogP) is 1.71. The largest absolute Gasteiger partial charge is 0.384 e. The molecule has 0 saturated carbocycles. The monoisotopic (exact) mass is 273 g/mol. The number of nitrogens with two attached hydrogens (primary N) is 1. The number of nitrogen functional groups attached to an aromatic ring is 1. The minimum Gasteiger partial charge on any atom is -0.384 e. The number of anilines is 1. The van der Waals surface area contributed by atoms with Gasteiger partial charge in [0.1, 0.15) is 11.5 Å². The number of thioether (sulfide) groups is 1. The summed E-state index contributed by atoms with van der Waals surface area (Å²) in [6.45, 7) is 0. The van der Waals surface area contributed by atoms with Gasteiger partial charge in [0.2, 0.25) is 0 Å². The van der Waals surface area contributed by atoms with Crippen molar-refractivity contribution in [2.45, 2.75) is 18.9 Å². The lowest BCUT2D eigenvalue weighted by molar-refractivity contribution is 0.0930. The van der Waals surface area contributed by atoms with Gasteiger partial charge in [0.15, 0.2) is 0 Å². The van der Waals surface area contributed by atoms with Crippen molar-refractivity contribution in [3.05, 3.63) is 23.9 Å². The molecule has 1 amide bonds. The summed E-state index contributed by atoms with van der Waals surface area (Å²) in [5.74, 6) is 2.50. The second-order valence-electron chi connectivity index (χ2n) is 3.81. The van der Waals surface area contributed by atoms with Crippen molar-refractivity contribution in [1.82, 2.24) is 10.3 Å². The molecule has 1 saturated heterocycles. The van der Waals surface area contributed by atoms with Crippen LogP contribution in [-0.4, -0.2) is 28.4 Å². The van der Waals surface area contributed by atoms with Gasteiger partial charge >= 0.3 is 0 Å². The highest BCUT2D eigenvalue weighted by molar-refractivity contribution is 7.99. The van der Waals surface area contributed by atoms with Crippen molar-refractivity contribution in [2.75, 3.05) is 17.2 Å². The minimum atomic E-state index is -0.121. The molecule has 2 rings (SSSR count). The van der Waals surface area contributed by atoms with Crippen LogP contribution in [0.25, 0.3) is 0 Å². The zero-order valence-corrected chi connectivity index (χ0v) is 11.0. The zero-order valence-electron chi connectivity index (χ0n) is 9.39. The number of carbonyl (C=O) groups is 1. The number of halogens is 1. The van der Waals surface area contributed by atoms with Crippen molar-refractivity contribution in [1.29, 1.82) is 0 Å². The first-order chi connectivity index (χ1) is 7.75. The molecule has 0 atom stereocenters. The molecule has 1 aromatic heterocycles. The molecule has 0 spiro atoms. The summed E-state index contributed by atoms with van der Waals surface area (Å²) in [4.78, 5) is 15.8. The zero-order chi connectivity index (χ0) is 11.4. The van der Waals surface area contributed by atoms with E-state index >= 15 is 0 Å². The lowest BCUT2D eigenvalue weighted by atomic mass is 10.1. The minimum absolute atomic E-state index is 0. The average molecular weight is 274 g/mol. The quantitative estimate of drug-likeness (QED) is 0.861. The molecule has 0 radical (unpaired) electrons. The van der Waals surface area contributed by atoms with Gasteiger partial charge in [0, 0.05) is 6.04 Å². The highest BCUT2D eigenvalue weighted by Crippen LogP contribution is 2.17. The summed E-state index contributed by atoms with van der Waals surface area (Å²) in [7, 11) is 0. The van der Waals surface area contributed by atoms with Crippen LogP contribution in [0.3, 0.4) is 0 Å². The summed E-state index contributed by atoms with van der Waals surface area (Å²) in [6, 6.07) is 5.39. The van der Waals surface area contributed by atoms with E-state index < -0.39 is 0 Å². The normalized spacial score (nSPS) is 16.0. The van der Waals surface area contributed by atoms with Gasteiger partial charge in [-0.05, 0) is 36.5 Å². The Kier molecular flexibility index (Phi) is 5.58. The predicted molar refractivity (Wildman–Crippen MR) is 73.7 cm³/mol. The van der Waals surface area contributed by atoms with Crippen LogP contribution >= 0.6 is 24.2 Å². The summed E-state index contributed by atoms with van der Waals surface area (Å²) in [5.41, 5.74) is 5.94. The maximum Gasteiger partial charge on any atom is 0.270 e. The van der Waals surface area contributed by atoms with Crippen molar-refractivity contribution >= 4 is 35.9 Å². The van der Waals surface area contributed by atoms with E-state index in [0.29, 0.717) is 11.5 Å². The molecular weight excluding hydrogens is 258 g/mol. The maximum atomic E-state index is 11.8. The van der Waals surface area contributed by atoms with Gasteiger partial charge in [-0.3, -0.25) is 4.79 Å². The van der Waals surface area contributed by atoms with Gasteiger partial charge in [-0.2, -0.15) is 11.8 Å². The van der Waals surface area contributed by atoms with E-state index in [1.807, 2.05) is 11.8 Å². The number of nitrogens with zero attached hydrogens (tertiary/aromatic N) is 1. The Bertz CT molecular complexity index is 383. The molecule has 0 bridgehead atoms. The molecule has 1 aliphatic heterocycles. The van der Waals surface area contributed by atoms with E-state index in [4.69, 9.17) is 5.73 Å². The Morgan fingerprint density at radius 2 is 2.12 bits per heavy atom. The number of rotatable bonds is 2. The van der Waals surface area contributed by atoms with Crippen LogP contribution in [-0.2, 0) is 0 Å². The third-order valence-electron chi connectivity index (χ3n) is 2.56. The van der Waals surface area contributed by atoms with E-state index in [0.717, 1.165) is 24.3 Å². The highest BCUT2D eigenvalue weighted by atomic mass is 35.5. The topological polar surface area (TPSA) is 68.0 Å². The fourth-order valence-electron chi connectivity index (χ4n) is 1.68. The molecule has 94 valence electrons. The summed E-state index contributed by atoms with van der Waals surface area (Å²) in [5, 5.41) is 2.99. The van der Waals surface area contributed by atoms with E-state index in [1.165, 1.54) is 0 Å². The van der Waals surface area contributed by atoms with Crippen molar-refractivity contribution in [3.63, 3.8) is 0 Å². The summed E-state index contributed by atoms with van der Waals surface area (Å²) in [6.07, 6.45) is 2.08. The highest BCUT2D eigenvalue weighted by Gasteiger charge is 2.17. The van der Waals surface area contributed by atoms with E-state index in [1.54, 1.807) is 18.2 Å². The first-order valence-electron chi connectivity index (χ1n) is 5.37.